The lowest BCUT2D eigenvalue weighted by Gasteiger charge is -2.20. The average molecular weight is 236 g/mol. The normalized spacial score (nSPS) is 13.3. The SMILES string of the molecule is CC(N(C)C)n1ncc(Cl)c(Cl)c1=O. The summed E-state index contributed by atoms with van der Waals surface area (Å²) in [4.78, 5) is 13.4. The van der Waals surface area contributed by atoms with Crippen LogP contribution in [-0.4, -0.2) is 28.8 Å². The van der Waals surface area contributed by atoms with Crippen molar-refractivity contribution in [2.75, 3.05) is 14.1 Å². The van der Waals surface area contributed by atoms with Gasteiger partial charge < -0.3 is 0 Å². The monoisotopic (exact) mass is 235 g/mol. The van der Waals surface area contributed by atoms with Crippen LogP contribution in [0.5, 0.6) is 0 Å². The summed E-state index contributed by atoms with van der Waals surface area (Å²) in [6.07, 6.45) is 1.21. The minimum atomic E-state index is -0.375. The molecule has 0 bridgehead atoms. The molecule has 78 valence electrons. The van der Waals surface area contributed by atoms with E-state index in [2.05, 4.69) is 5.10 Å². The first kappa shape index (κ1) is 11.5. The van der Waals surface area contributed by atoms with Gasteiger partial charge in [0.05, 0.1) is 11.2 Å². The molecule has 0 spiro atoms. The van der Waals surface area contributed by atoms with E-state index >= 15 is 0 Å². The Labute approximate surface area is 92.0 Å². The van der Waals surface area contributed by atoms with Crippen molar-refractivity contribution < 1.29 is 0 Å². The van der Waals surface area contributed by atoms with Crippen LogP contribution in [0.25, 0.3) is 0 Å². The van der Waals surface area contributed by atoms with Crippen LogP contribution in [0.3, 0.4) is 0 Å². The second kappa shape index (κ2) is 4.29. The summed E-state index contributed by atoms with van der Waals surface area (Å²) in [5.74, 6) is 0. The molecule has 0 fully saturated rings. The fourth-order valence-electron chi connectivity index (χ4n) is 0.910. The second-order valence-electron chi connectivity index (χ2n) is 3.15. The highest BCUT2D eigenvalue weighted by atomic mass is 35.5. The average Bonchev–Trinajstić information content (AvgIpc) is 2.13. The number of halogens is 2. The Morgan fingerprint density at radius 2 is 2.07 bits per heavy atom. The summed E-state index contributed by atoms with van der Waals surface area (Å²) in [6, 6.07) is 0. The van der Waals surface area contributed by atoms with Crippen LogP contribution in [0.1, 0.15) is 13.1 Å². The van der Waals surface area contributed by atoms with Gasteiger partial charge in [-0.3, -0.25) is 9.69 Å². The second-order valence-corrected chi connectivity index (χ2v) is 3.94. The molecule has 1 aromatic heterocycles. The zero-order valence-electron chi connectivity index (χ0n) is 8.16. The molecular weight excluding hydrogens is 225 g/mol. The highest BCUT2D eigenvalue weighted by molar-refractivity contribution is 6.41. The van der Waals surface area contributed by atoms with Crippen molar-refractivity contribution in [3.05, 3.63) is 26.6 Å². The third-order valence-corrected chi connectivity index (χ3v) is 2.75. The summed E-state index contributed by atoms with van der Waals surface area (Å²) in [5.41, 5.74) is -0.375. The highest BCUT2D eigenvalue weighted by Crippen LogP contribution is 2.16. The van der Waals surface area contributed by atoms with Gasteiger partial charge in [-0.05, 0) is 21.0 Å². The van der Waals surface area contributed by atoms with Gasteiger partial charge in [-0.25, -0.2) is 4.68 Å². The Morgan fingerprint density at radius 3 is 2.57 bits per heavy atom. The largest absolute Gasteiger partial charge is 0.288 e. The molecule has 0 radical (unpaired) electrons. The lowest BCUT2D eigenvalue weighted by Crippen LogP contribution is -2.33. The van der Waals surface area contributed by atoms with Crippen LogP contribution in [0.15, 0.2) is 11.0 Å². The van der Waals surface area contributed by atoms with Gasteiger partial charge in [0.25, 0.3) is 5.56 Å². The fourth-order valence-corrected chi connectivity index (χ4v) is 1.17. The predicted molar refractivity (Wildman–Crippen MR) is 56.9 cm³/mol. The molecule has 4 nitrogen and oxygen atoms in total. The lowest BCUT2D eigenvalue weighted by molar-refractivity contribution is 0.213. The van der Waals surface area contributed by atoms with Gasteiger partial charge in [0, 0.05) is 0 Å². The van der Waals surface area contributed by atoms with Crippen LogP contribution in [0, 0.1) is 0 Å². The summed E-state index contributed by atoms with van der Waals surface area (Å²) in [5, 5.41) is 4.10. The Morgan fingerprint density at radius 1 is 1.50 bits per heavy atom. The number of hydrogen-bond donors (Lipinski definition) is 0. The van der Waals surface area contributed by atoms with Crippen molar-refractivity contribution in [3.63, 3.8) is 0 Å². The third kappa shape index (κ3) is 2.08. The molecule has 0 aliphatic rings. The topological polar surface area (TPSA) is 38.1 Å². The fraction of sp³-hybridized carbons (Fsp3) is 0.500. The molecule has 0 N–H and O–H groups in total. The molecule has 0 aromatic carbocycles. The van der Waals surface area contributed by atoms with Crippen molar-refractivity contribution >= 4 is 23.2 Å². The Bertz CT molecular complexity index is 389. The van der Waals surface area contributed by atoms with Crippen LogP contribution in [0.4, 0.5) is 0 Å². The summed E-state index contributed by atoms with van der Waals surface area (Å²) in [6.45, 7) is 1.85. The molecule has 1 aromatic rings. The van der Waals surface area contributed by atoms with E-state index in [1.54, 1.807) is 0 Å². The van der Waals surface area contributed by atoms with Gasteiger partial charge in [-0.1, -0.05) is 23.2 Å². The van der Waals surface area contributed by atoms with Crippen molar-refractivity contribution in [3.8, 4) is 0 Å². The highest BCUT2D eigenvalue weighted by Gasteiger charge is 2.13. The van der Waals surface area contributed by atoms with Crippen LogP contribution in [-0.2, 0) is 0 Å². The molecule has 0 aliphatic carbocycles. The predicted octanol–water partition coefficient (Wildman–Crippen LogP) is 1.63. The van der Waals surface area contributed by atoms with Gasteiger partial charge in [0.15, 0.2) is 0 Å². The smallest absolute Gasteiger partial charge is 0.288 e. The first-order chi connectivity index (χ1) is 6.45. The van der Waals surface area contributed by atoms with Crippen LogP contribution >= 0.6 is 23.2 Å². The van der Waals surface area contributed by atoms with Gasteiger partial charge in [0.2, 0.25) is 0 Å². The number of aromatic nitrogens is 2. The molecule has 0 saturated carbocycles. The molecule has 1 unspecified atom stereocenters. The maximum absolute atomic E-state index is 11.6. The van der Waals surface area contributed by atoms with E-state index in [0.717, 1.165) is 0 Å². The Hall–Kier alpha value is -0.580. The number of rotatable bonds is 2. The molecule has 14 heavy (non-hydrogen) atoms. The standard InChI is InChI=1S/C8H11Cl2N3O/c1-5(12(2)3)13-8(14)7(10)6(9)4-11-13/h4-5H,1-3H3. The molecule has 6 heteroatoms. The van der Waals surface area contributed by atoms with Gasteiger partial charge in [0.1, 0.15) is 11.2 Å². The van der Waals surface area contributed by atoms with Gasteiger partial charge >= 0.3 is 0 Å². The summed E-state index contributed by atoms with van der Waals surface area (Å²) < 4.78 is 1.29. The zero-order chi connectivity index (χ0) is 10.9. The third-order valence-electron chi connectivity index (χ3n) is 2.00. The molecule has 1 atom stereocenters. The molecule has 1 rings (SSSR count). The number of hydrogen-bond acceptors (Lipinski definition) is 3. The zero-order valence-corrected chi connectivity index (χ0v) is 9.67. The Kier molecular flexibility index (Phi) is 3.53. The maximum atomic E-state index is 11.6. The van der Waals surface area contributed by atoms with E-state index in [1.165, 1.54) is 10.9 Å². The van der Waals surface area contributed by atoms with Gasteiger partial charge in [-0.15, -0.1) is 0 Å². The minimum Gasteiger partial charge on any atom is -0.288 e. The lowest BCUT2D eigenvalue weighted by atomic mass is 10.5. The van der Waals surface area contributed by atoms with Crippen LogP contribution < -0.4 is 5.56 Å². The van der Waals surface area contributed by atoms with Gasteiger partial charge in [-0.2, -0.15) is 5.10 Å². The molecule has 0 saturated heterocycles. The van der Waals surface area contributed by atoms with Crippen molar-refractivity contribution in [1.29, 1.82) is 0 Å². The van der Waals surface area contributed by atoms with E-state index in [4.69, 9.17) is 23.2 Å². The number of nitrogens with zero attached hydrogens (tertiary/aromatic N) is 3. The summed E-state index contributed by atoms with van der Waals surface area (Å²) >= 11 is 11.4. The van der Waals surface area contributed by atoms with E-state index in [9.17, 15) is 4.79 Å². The molecule has 1 heterocycles. The van der Waals surface area contributed by atoms with E-state index in [1.807, 2.05) is 25.9 Å². The molecular formula is C8H11Cl2N3O. The molecule has 0 aliphatic heterocycles. The van der Waals surface area contributed by atoms with Crippen molar-refractivity contribution in [2.45, 2.75) is 13.1 Å². The first-order valence-corrected chi connectivity index (χ1v) is 4.80. The molecule has 0 amide bonds. The summed E-state index contributed by atoms with van der Waals surface area (Å²) in [7, 11) is 3.70. The first-order valence-electron chi connectivity index (χ1n) is 4.04. The van der Waals surface area contributed by atoms with E-state index in [0.29, 0.717) is 0 Å². The van der Waals surface area contributed by atoms with Crippen LogP contribution in [0.2, 0.25) is 10.0 Å². The van der Waals surface area contributed by atoms with E-state index < -0.39 is 0 Å². The minimum absolute atomic E-state index is 0.00960. The van der Waals surface area contributed by atoms with E-state index in [-0.39, 0.29) is 21.8 Å². The Balaban J connectivity index is 3.25. The van der Waals surface area contributed by atoms with Crippen molar-refractivity contribution in [2.24, 2.45) is 0 Å². The maximum Gasteiger partial charge on any atom is 0.288 e. The quantitative estimate of drug-likeness (QED) is 0.783. The van der Waals surface area contributed by atoms with Crippen molar-refractivity contribution in [1.82, 2.24) is 14.7 Å².